The first-order valence-corrected chi connectivity index (χ1v) is 4.78. The van der Waals surface area contributed by atoms with Crippen LogP contribution in [0.3, 0.4) is 0 Å². The number of hydrogen-bond acceptors (Lipinski definition) is 2. The van der Waals surface area contributed by atoms with Crippen molar-refractivity contribution in [1.82, 2.24) is 0 Å². The summed E-state index contributed by atoms with van der Waals surface area (Å²) in [4.78, 5) is 0. The Morgan fingerprint density at radius 3 is 2.67 bits per heavy atom. The number of hydrogen-bond donors (Lipinski definition) is 1. The van der Waals surface area contributed by atoms with Crippen LogP contribution in [0.2, 0.25) is 5.02 Å². The van der Waals surface area contributed by atoms with Crippen molar-refractivity contribution in [3.8, 4) is 5.75 Å². The van der Waals surface area contributed by atoms with Crippen LogP contribution in [0.5, 0.6) is 5.75 Å². The van der Waals surface area contributed by atoms with Crippen LogP contribution in [0, 0.1) is 0 Å². The Morgan fingerprint density at radius 2 is 2.13 bits per heavy atom. The fourth-order valence-corrected chi connectivity index (χ4v) is 1.55. The molecule has 84 valence electrons. The lowest BCUT2D eigenvalue weighted by Crippen LogP contribution is -2.05. The number of aliphatic hydroxyl groups is 1. The van der Waals surface area contributed by atoms with Crippen LogP contribution in [0.4, 0.5) is 8.78 Å². The van der Waals surface area contributed by atoms with E-state index in [1.54, 1.807) is 19.1 Å². The van der Waals surface area contributed by atoms with E-state index in [2.05, 4.69) is 4.74 Å². The van der Waals surface area contributed by atoms with Crippen molar-refractivity contribution in [2.75, 3.05) is 6.61 Å². The standard InChI is InChI=1S/C10H11ClF2O2/c1-6(5-14)7-3-2-4-8(9(7)11)15-10(12)13/h2-4,6,10,14H,5H2,1H3. The van der Waals surface area contributed by atoms with E-state index in [0.717, 1.165) is 0 Å². The van der Waals surface area contributed by atoms with E-state index in [1.807, 2.05) is 0 Å². The van der Waals surface area contributed by atoms with E-state index in [1.165, 1.54) is 6.07 Å². The molecule has 0 saturated heterocycles. The average molecular weight is 237 g/mol. The maximum atomic E-state index is 12.0. The van der Waals surface area contributed by atoms with Crippen LogP contribution in [-0.2, 0) is 0 Å². The summed E-state index contributed by atoms with van der Waals surface area (Å²) in [6.45, 7) is -1.26. The Kier molecular flexibility index (Phi) is 4.29. The van der Waals surface area contributed by atoms with Crippen LogP contribution in [0.25, 0.3) is 0 Å². The first kappa shape index (κ1) is 12.2. The highest BCUT2D eigenvalue weighted by atomic mass is 35.5. The normalized spacial score (nSPS) is 12.9. The minimum atomic E-state index is -2.90. The molecule has 5 heteroatoms. The van der Waals surface area contributed by atoms with Gasteiger partial charge < -0.3 is 9.84 Å². The van der Waals surface area contributed by atoms with Gasteiger partial charge in [0.1, 0.15) is 5.75 Å². The summed E-state index contributed by atoms with van der Waals surface area (Å²) in [7, 11) is 0. The van der Waals surface area contributed by atoms with Crippen LogP contribution >= 0.6 is 11.6 Å². The van der Waals surface area contributed by atoms with E-state index in [-0.39, 0.29) is 23.3 Å². The molecule has 0 spiro atoms. The van der Waals surface area contributed by atoms with Crippen molar-refractivity contribution in [3.63, 3.8) is 0 Å². The lowest BCUT2D eigenvalue weighted by molar-refractivity contribution is -0.0498. The van der Waals surface area contributed by atoms with Gasteiger partial charge in [-0.05, 0) is 11.6 Å². The largest absolute Gasteiger partial charge is 0.433 e. The molecule has 1 rings (SSSR count). The van der Waals surface area contributed by atoms with Gasteiger partial charge in [-0.15, -0.1) is 0 Å². The molecule has 0 aliphatic heterocycles. The molecule has 0 bridgehead atoms. The van der Waals surface area contributed by atoms with Crippen molar-refractivity contribution < 1.29 is 18.6 Å². The quantitative estimate of drug-likeness (QED) is 0.871. The molecule has 1 unspecified atom stereocenters. The summed E-state index contributed by atoms with van der Waals surface area (Å²) >= 11 is 5.86. The van der Waals surface area contributed by atoms with Gasteiger partial charge in [0, 0.05) is 12.5 Å². The second kappa shape index (κ2) is 5.28. The molecule has 0 aliphatic carbocycles. The molecule has 0 saturated carbocycles. The van der Waals surface area contributed by atoms with Gasteiger partial charge in [0.2, 0.25) is 0 Å². The first-order valence-electron chi connectivity index (χ1n) is 4.40. The van der Waals surface area contributed by atoms with E-state index in [4.69, 9.17) is 16.7 Å². The Morgan fingerprint density at radius 1 is 1.47 bits per heavy atom. The highest BCUT2D eigenvalue weighted by Crippen LogP contribution is 2.33. The molecular formula is C10H11ClF2O2. The predicted octanol–water partition coefficient (Wildman–Crippen LogP) is 3.04. The smallest absolute Gasteiger partial charge is 0.387 e. The summed E-state index contributed by atoms with van der Waals surface area (Å²) in [6, 6.07) is 4.59. The fraction of sp³-hybridized carbons (Fsp3) is 0.400. The van der Waals surface area contributed by atoms with Gasteiger partial charge in [-0.2, -0.15) is 8.78 Å². The van der Waals surface area contributed by atoms with E-state index >= 15 is 0 Å². The zero-order valence-electron chi connectivity index (χ0n) is 8.08. The zero-order chi connectivity index (χ0) is 11.4. The van der Waals surface area contributed by atoms with Crippen LogP contribution in [0.15, 0.2) is 18.2 Å². The maximum absolute atomic E-state index is 12.0. The van der Waals surface area contributed by atoms with E-state index in [0.29, 0.717) is 5.56 Å². The zero-order valence-corrected chi connectivity index (χ0v) is 8.84. The first-order chi connectivity index (χ1) is 7.06. The molecular weight excluding hydrogens is 226 g/mol. The van der Waals surface area contributed by atoms with Crippen molar-refractivity contribution in [3.05, 3.63) is 28.8 Å². The molecule has 0 radical (unpaired) electrons. The molecule has 2 nitrogen and oxygen atoms in total. The third-order valence-corrected chi connectivity index (χ3v) is 2.42. The molecule has 1 atom stereocenters. The summed E-state index contributed by atoms with van der Waals surface area (Å²) in [5.41, 5.74) is 0.595. The second-order valence-corrected chi connectivity index (χ2v) is 3.50. The van der Waals surface area contributed by atoms with Gasteiger partial charge in [-0.3, -0.25) is 0 Å². The molecule has 0 heterocycles. The maximum Gasteiger partial charge on any atom is 0.387 e. The second-order valence-electron chi connectivity index (χ2n) is 3.12. The molecule has 0 fully saturated rings. The van der Waals surface area contributed by atoms with Gasteiger partial charge in [-0.1, -0.05) is 30.7 Å². The number of alkyl halides is 2. The molecule has 1 aromatic carbocycles. The third-order valence-electron chi connectivity index (χ3n) is 2.01. The fourth-order valence-electron chi connectivity index (χ4n) is 1.19. The van der Waals surface area contributed by atoms with Crippen molar-refractivity contribution in [2.24, 2.45) is 0 Å². The van der Waals surface area contributed by atoms with Gasteiger partial charge in [0.15, 0.2) is 0 Å². The van der Waals surface area contributed by atoms with Crippen molar-refractivity contribution in [1.29, 1.82) is 0 Å². The van der Waals surface area contributed by atoms with Gasteiger partial charge in [0.05, 0.1) is 5.02 Å². The lowest BCUT2D eigenvalue weighted by Gasteiger charge is -2.13. The van der Waals surface area contributed by atoms with Crippen LogP contribution in [0.1, 0.15) is 18.4 Å². The molecule has 0 amide bonds. The highest BCUT2D eigenvalue weighted by Gasteiger charge is 2.14. The number of ether oxygens (including phenoxy) is 1. The lowest BCUT2D eigenvalue weighted by atomic mass is 10.0. The highest BCUT2D eigenvalue weighted by molar-refractivity contribution is 6.32. The van der Waals surface area contributed by atoms with Crippen LogP contribution in [-0.4, -0.2) is 18.3 Å². The van der Waals surface area contributed by atoms with Gasteiger partial charge >= 0.3 is 6.61 Å². The Bertz CT molecular complexity index is 331. The molecule has 0 aliphatic rings. The Labute approximate surface area is 91.4 Å². The topological polar surface area (TPSA) is 29.5 Å². The van der Waals surface area contributed by atoms with Gasteiger partial charge in [0.25, 0.3) is 0 Å². The van der Waals surface area contributed by atoms with Crippen molar-refractivity contribution in [2.45, 2.75) is 19.5 Å². The van der Waals surface area contributed by atoms with E-state index in [9.17, 15) is 8.78 Å². The number of benzene rings is 1. The molecule has 1 N–H and O–H groups in total. The average Bonchev–Trinajstić information content (AvgIpc) is 2.19. The van der Waals surface area contributed by atoms with E-state index < -0.39 is 6.61 Å². The monoisotopic (exact) mass is 236 g/mol. The minimum Gasteiger partial charge on any atom is -0.433 e. The molecule has 1 aromatic rings. The number of halogens is 3. The summed E-state index contributed by atoms with van der Waals surface area (Å²) in [5, 5.41) is 9.06. The molecule has 0 aromatic heterocycles. The van der Waals surface area contributed by atoms with Crippen molar-refractivity contribution >= 4 is 11.6 Å². The predicted molar refractivity (Wildman–Crippen MR) is 53.6 cm³/mol. The van der Waals surface area contributed by atoms with Gasteiger partial charge in [-0.25, -0.2) is 0 Å². The minimum absolute atomic E-state index is 0.0653. The molecule has 15 heavy (non-hydrogen) atoms. The summed E-state index contributed by atoms with van der Waals surface area (Å²) in [5.74, 6) is -0.275. The van der Waals surface area contributed by atoms with Crippen LogP contribution < -0.4 is 4.74 Å². The Balaban J connectivity index is 3.00. The summed E-state index contributed by atoms with van der Waals surface area (Å²) in [6.07, 6.45) is 0. The SMILES string of the molecule is CC(CO)c1cccc(OC(F)F)c1Cl. The number of aliphatic hydroxyl groups excluding tert-OH is 1. The Hall–Kier alpha value is -0.870. The third kappa shape index (κ3) is 3.04. The summed E-state index contributed by atoms with van der Waals surface area (Å²) < 4.78 is 28.2. The number of rotatable bonds is 4.